The van der Waals surface area contributed by atoms with Crippen molar-refractivity contribution < 1.29 is 9.53 Å². The first-order valence-corrected chi connectivity index (χ1v) is 6.61. The maximum Gasteiger partial charge on any atom is 0.203 e. The van der Waals surface area contributed by atoms with Gasteiger partial charge in [-0.15, -0.1) is 11.3 Å². The molecule has 0 atom stereocenters. The Morgan fingerprint density at radius 2 is 1.83 bits per heavy atom. The highest BCUT2D eigenvalue weighted by molar-refractivity contribution is 7.14. The molecule has 0 bridgehead atoms. The van der Waals surface area contributed by atoms with Gasteiger partial charge in [-0.05, 0) is 44.0 Å². The molecule has 0 unspecified atom stereocenters. The van der Waals surface area contributed by atoms with Crippen LogP contribution >= 0.6 is 11.3 Å². The highest BCUT2D eigenvalue weighted by Crippen LogP contribution is 2.26. The number of hydrogen-bond donors (Lipinski definition) is 0. The van der Waals surface area contributed by atoms with E-state index in [9.17, 15) is 4.79 Å². The number of thiophene rings is 1. The fourth-order valence-electron chi connectivity index (χ4n) is 1.96. The van der Waals surface area contributed by atoms with Gasteiger partial charge in [0, 0.05) is 10.4 Å². The molecule has 1 heterocycles. The predicted molar refractivity (Wildman–Crippen MR) is 75.0 cm³/mol. The van der Waals surface area contributed by atoms with E-state index >= 15 is 0 Å². The highest BCUT2D eigenvalue weighted by atomic mass is 32.1. The topological polar surface area (TPSA) is 26.3 Å². The Morgan fingerprint density at radius 3 is 2.39 bits per heavy atom. The van der Waals surface area contributed by atoms with Crippen LogP contribution in [-0.2, 0) is 0 Å². The van der Waals surface area contributed by atoms with Gasteiger partial charge in [-0.2, -0.15) is 0 Å². The normalized spacial score (nSPS) is 10.4. The average molecular weight is 260 g/mol. The van der Waals surface area contributed by atoms with Gasteiger partial charge in [-0.25, -0.2) is 0 Å². The molecule has 0 amide bonds. The minimum atomic E-state index is 0.0731. The molecule has 0 N–H and O–H groups in total. The number of methoxy groups -OCH3 is 1. The quantitative estimate of drug-likeness (QED) is 0.782. The van der Waals surface area contributed by atoms with Gasteiger partial charge in [0.2, 0.25) is 5.78 Å². The van der Waals surface area contributed by atoms with Crippen molar-refractivity contribution in [1.29, 1.82) is 0 Å². The van der Waals surface area contributed by atoms with E-state index in [1.54, 1.807) is 18.4 Å². The summed E-state index contributed by atoms with van der Waals surface area (Å²) in [6.07, 6.45) is 0. The van der Waals surface area contributed by atoms with E-state index in [0.29, 0.717) is 5.56 Å². The predicted octanol–water partition coefficient (Wildman–Crippen LogP) is 3.91. The fraction of sp³-hybridized carbons (Fsp3) is 0.267. The number of ketones is 1. The van der Waals surface area contributed by atoms with Crippen LogP contribution < -0.4 is 4.74 Å². The number of benzene rings is 1. The van der Waals surface area contributed by atoms with Crippen LogP contribution in [0.4, 0.5) is 0 Å². The molecular weight excluding hydrogens is 244 g/mol. The van der Waals surface area contributed by atoms with E-state index in [-0.39, 0.29) is 5.78 Å². The van der Waals surface area contributed by atoms with Crippen molar-refractivity contribution in [3.63, 3.8) is 0 Å². The van der Waals surface area contributed by atoms with E-state index in [4.69, 9.17) is 4.74 Å². The van der Waals surface area contributed by atoms with Crippen LogP contribution in [0.3, 0.4) is 0 Å². The summed E-state index contributed by atoms with van der Waals surface area (Å²) in [7, 11) is 1.62. The largest absolute Gasteiger partial charge is 0.496 e. The van der Waals surface area contributed by atoms with E-state index in [0.717, 1.165) is 26.6 Å². The number of rotatable bonds is 3. The van der Waals surface area contributed by atoms with Crippen molar-refractivity contribution in [1.82, 2.24) is 0 Å². The van der Waals surface area contributed by atoms with Gasteiger partial charge >= 0.3 is 0 Å². The summed E-state index contributed by atoms with van der Waals surface area (Å²) in [4.78, 5) is 14.4. The summed E-state index contributed by atoms with van der Waals surface area (Å²) in [5, 5.41) is 0. The molecule has 0 saturated heterocycles. The second kappa shape index (κ2) is 4.94. The summed E-state index contributed by atoms with van der Waals surface area (Å²) in [6.45, 7) is 5.96. The van der Waals surface area contributed by atoms with Crippen LogP contribution in [0.15, 0.2) is 24.3 Å². The lowest BCUT2D eigenvalue weighted by atomic mass is 10.0. The van der Waals surface area contributed by atoms with Crippen molar-refractivity contribution in [2.24, 2.45) is 0 Å². The molecule has 0 saturated carbocycles. The molecule has 1 aromatic carbocycles. The second-order valence-electron chi connectivity index (χ2n) is 4.38. The molecule has 18 heavy (non-hydrogen) atoms. The van der Waals surface area contributed by atoms with Gasteiger partial charge in [0.15, 0.2) is 0 Å². The Balaban J connectivity index is 2.43. The summed E-state index contributed by atoms with van der Waals surface area (Å²) in [5.41, 5.74) is 2.76. The van der Waals surface area contributed by atoms with E-state index in [1.807, 2.05) is 45.0 Å². The van der Waals surface area contributed by atoms with Crippen LogP contribution in [0, 0.1) is 20.8 Å². The summed E-state index contributed by atoms with van der Waals surface area (Å²) < 4.78 is 5.26. The average Bonchev–Trinajstić information content (AvgIpc) is 2.68. The molecule has 0 aliphatic carbocycles. The smallest absolute Gasteiger partial charge is 0.203 e. The Kier molecular flexibility index (Phi) is 3.53. The molecule has 3 heteroatoms. The van der Waals surface area contributed by atoms with E-state index in [1.165, 1.54) is 0 Å². The number of carbonyl (C=O) groups excluding carboxylic acids is 1. The number of ether oxygens (including phenoxy) is 1. The van der Waals surface area contributed by atoms with Gasteiger partial charge in [-0.3, -0.25) is 4.79 Å². The van der Waals surface area contributed by atoms with Crippen molar-refractivity contribution >= 4 is 17.1 Å². The maximum absolute atomic E-state index is 12.4. The first-order valence-electron chi connectivity index (χ1n) is 5.79. The molecule has 0 spiro atoms. The monoisotopic (exact) mass is 260 g/mol. The zero-order valence-corrected chi connectivity index (χ0v) is 11.9. The van der Waals surface area contributed by atoms with E-state index in [2.05, 4.69) is 0 Å². The Bertz CT molecular complexity index is 597. The first-order chi connectivity index (χ1) is 8.52. The Morgan fingerprint density at radius 1 is 1.11 bits per heavy atom. The zero-order chi connectivity index (χ0) is 13.3. The number of hydrogen-bond acceptors (Lipinski definition) is 3. The van der Waals surface area contributed by atoms with Crippen molar-refractivity contribution in [2.45, 2.75) is 20.8 Å². The van der Waals surface area contributed by atoms with Crippen molar-refractivity contribution in [2.75, 3.05) is 7.11 Å². The SMILES string of the molecule is COc1cc(C(=O)c2sc(C)cc2C)ccc1C. The fourth-order valence-corrected chi connectivity index (χ4v) is 2.95. The molecule has 1 aromatic heterocycles. The van der Waals surface area contributed by atoms with Crippen LogP contribution in [0.1, 0.15) is 31.2 Å². The summed E-state index contributed by atoms with van der Waals surface area (Å²) >= 11 is 1.54. The number of aryl methyl sites for hydroxylation is 3. The van der Waals surface area contributed by atoms with Crippen LogP contribution in [-0.4, -0.2) is 12.9 Å². The molecule has 94 valence electrons. The van der Waals surface area contributed by atoms with Crippen molar-refractivity contribution in [3.8, 4) is 5.75 Å². The lowest BCUT2D eigenvalue weighted by molar-refractivity contribution is 0.104. The molecule has 0 aliphatic heterocycles. The third kappa shape index (κ3) is 2.31. The summed E-state index contributed by atoms with van der Waals surface area (Å²) in [5.74, 6) is 0.829. The summed E-state index contributed by atoms with van der Waals surface area (Å²) in [6, 6.07) is 7.63. The molecule has 0 fully saturated rings. The minimum Gasteiger partial charge on any atom is -0.496 e. The van der Waals surface area contributed by atoms with Gasteiger partial charge in [0.05, 0.1) is 12.0 Å². The second-order valence-corrected chi connectivity index (χ2v) is 5.64. The first kappa shape index (κ1) is 12.8. The minimum absolute atomic E-state index is 0.0731. The van der Waals surface area contributed by atoms with Gasteiger partial charge < -0.3 is 4.74 Å². The van der Waals surface area contributed by atoms with Crippen molar-refractivity contribution in [3.05, 3.63) is 50.7 Å². The Labute approximate surface area is 111 Å². The lowest BCUT2D eigenvalue weighted by Crippen LogP contribution is -2.01. The van der Waals surface area contributed by atoms with Gasteiger partial charge in [-0.1, -0.05) is 12.1 Å². The lowest BCUT2D eigenvalue weighted by Gasteiger charge is -2.06. The van der Waals surface area contributed by atoms with E-state index < -0.39 is 0 Å². The molecule has 2 aromatic rings. The molecule has 0 radical (unpaired) electrons. The number of carbonyl (C=O) groups is 1. The third-order valence-electron chi connectivity index (χ3n) is 2.92. The molecular formula is C15H16O2S. The van der Waals surface area contributed by atoms with Crippen LogP contribution in [0.25, 0.3) is 0 Å². The van der Waals surface area contributed by atoms with Gasteiger partial charge in [0.1, 0.15) is 5.75 Å². The molecule has 0 aliphatic rings. The molecule has 2 rings (SSSR count). The maximum atomic E-state index is 12.4. The van der Waals surface area contributed by atoms with Crippen LogP contribution in [0.2, 0.25) is 0 Å². The third-order valence-corrected chi connectivity index (χ3v) is 4.07. The standard InChI is InChI=1S/C15H16O2S/c1-9-5-6-12(8-13(9)17-4)14(16)15-10(2)7-11(3)18-15/h5-8H,1-4H3. The highest BCUT2D eigenvalue weighted by Gasteiger charge is 2.15. The zero-order valence-electron chi connectivity index (χ0n) is 11.0. The molecule has 2 nitrogen and oxygen atoms in total. The van der Waals surface area contributed by atoms with Gasteiger partial charge in [0.25, 0.3) is 0 Å². The Hall–Kier alpha value is -1.61. The van der Waals surface area contributed by atoms with Crippen LogP contribution in [0.5, 0.6) is 5.75 Å².